The van der Waals surface area contributed by atoms with Gasteiger partial charge < -0.3 is 24.8 Å². The average Bonchev–Trinajstić information content (AvgIpc) is 3.05. The highest BCUT2D eigenvalue weighted by atomic mass is 16.5. The number of aryl methyl sites for hydroxylation is 2. The summed E-state index contributed by atoms with van der Waals surface area (Å²) in [5.41, 5.74) is 9.53. The first kappa shape index (κ1) is 33.4. The van der Waals surface area contributed by atoms with Crippen LogP contribution < -0.4 is 15.1 Å². The summed E-state index contributed by atoms with van der Waals surface area (Å²) in [6.45, 7) is 13.5. The molecule has 8 nitrogen and oxygen atoms in total. The van der Waals surface area contributed by atoms with Gasteiger partial charge in [0.25, 0.3) is 5.91 Å². The Morgan fingerprint density at radius 1 is 0.957 bits per heavy atom. The zero-order valence-electron chi connectivity index (χ0n) is 29.4. The lowest BCUT2D eigenvalue weighted by atomic mass is 9.80. The molecule has 3 aliphatic rings. The van der Waals surface area contributed by atoms with Crippen molar-refractivity contribution in [1.82, 2.24) is 20.2 Å². The maximum absolute atomic E-state index is 14.1. The molecule has 0 bridgehead atoms. The molecule has 0 unspecified atom stereocenters. The zero-order valence-corrected chi connectivity index (χ0v) is 29.4. The van der Waals surface area contributed by atoms with Crippen LogP contribution in [0.2, 0.25) is 0 Å². The first-order chi connectivity index (χ1) is 22.7. The van der Waals surface area contributed by atoms with Gasteiger partial charge in [0.05, 0.1) is 0 Å². The van der Waals surface area contributed by atoms with Gasteiger partial charge in [0.2, 0.25) is 0 Å². The highest BCUT2D eigenvalue weighted by Gasteiger charge is 2.28. The number of carbonyl (C=O) groups is 1. The SMILES string of the molecule is CCN(c1cc(-c2ccc(N3CCC(N(C)C)CC3)nc2)cc(C(=O)NCc2c(C)cc(C)nc2C2CCC2)c1C)C1CCOCC1. The molecule has 1 saturated carbocycles. The Hall–Kier alpha value is -3.49. The summed E-state index contributed by atoms with van der Waals surface area (Å²) in [5.74, 6) is 1.49. The maximum atomic E-state index is 14.1. The fourth-order valence-electron chi connectivity index (χ4n) is 7.78. The largest absolute Gasteiger partial charge is 0.381 e. The molecule has 47 heavy (non-hydrogen) atoms. The number of anilines is 2. The van der Waals surface area contributed by atoms with Gasteiger partial charge in [-0.05, 0) is 133 Å². The van der Waals surface area contributed by atoms with Crippen LogP contribution >= 0.6 is 0 Å². The van der Waals surface area contributed by atoms with Gasteiger partial charge in [-0.1, -0.05) is 6.42 Å². The molecule has 252 valence electrons. The van der Waals surface area contributed by atoms with Gasteiger partial charge in [-0.25, -0.2) is 4.98 Å². The van der Waals surface area contributed by atoms with Crippen LogP contribution in [0.5, 0.6) is 0 Å². The summed E-state index contributed by atoms with van der Waals surface area (Å²) in [6, 6.07) is 11.8. The Kier molecular flexibility index (Phi) is 10.5. The number of rotatable bonds is 10. The van der Waals surface area contributed by atoms with Crippen LogP contribution in [-0.2, 0) is 11.3 Å². The molecule has 8 heteroatoms. The lowest BCUT2D eigenvalue weighted by Crippen LogP contribution is -2.42. The number of nitrogens with zero attached hydrogens (tertiary/aromatic N) is 5. The number of carbonyl (C=O) groups excluding carboxylic acids is 1. The molecule has 6 rings (SSSR count). The predicted octanol–water partition coefficient (Wildman–Crippen LogP) is 6.80. The monoisotopic (exact) mass is 638 g/mol. The van der Waals surface area contributed by atoms with Crippen molar-refractivity contribution in [2.45, 2.75) is 97.2 Å². The number of hydrogen-bond donors (Lipinski definition) is 1. The smallest absolute Gasteiger partial charge is 0.251 e. The van der Waals surface area contributed by atoms with Crippen molar-refractivity contribution in [2.75, 3.05) is 56.7 Å². The average molecular weight is 639 g/mol. The summed E-state index contributed by atoms with van der Waals surface area (Å²) in [7, 11) is 4.35. The van der Waals surface area contributed by atoms with Crippen LogP contribution in [0.1, 0.15) is 96.2 Å². The second kappa shape index (κ2) is 14.7. The molecule has 3 fully saturated rings. The molecule has 0 atom stereocenters. The lowest BCUT2D eigenvalue weighted by molar-refractivity contribution is 0.0846. The highest BCUT2D eigenvalue weighted by molar-refractivity contribution is 5.99. The van der Waals surface area contributed by atoms with Gasteiger partial charge in [-0.15, -0.1) is 0 Å². The molecular formula is C39H54N6O2. The van der Waals surface area contributed by atoms with E-state index in [2.05, 4.69) is 92.1 Å². The molecule has 1 aromatic carbocycles. The number of pyridine rings is 2. The quantitative estimate of drug-likeness (QED) is 0.262. The molecule has 0 spiro atoms. The molecule has 0 radical (unpaired) electrons. The van der Waals surface area contributed by atoms with E-state index >= 15 is 0 Å². The van der Waals surface area contributed by atoms with Gasteiger partial charge in [-0.2, -0.15) is 0 Å². The first-order valence-electron chi connectivity index (χ1n) is 17.9. The first-order valence-corrected chi connectivity index (χ1v) is 17.9. The van der Waals surface area contributed by atoms with E-state index in [4.69, 9.17) is 14.7 Å². The summed E-state index contributed by atoms with van der Waals surface area (Å²) in [5, 5.41) is 3.32. The lowest BCUT2D eigenvalue weighted by Gasteiger charge is -2.37. The predicted molar refractivity (Wildman–Crippen MR) is 192 cm³/mol. The summed E-state index contributed by atoms with van der Waals surface area (Å²) in [4.78, 5) is 31.2. The van der Waals surface area contributed by atoms with Crippen molar-refractivity contribution >= 4 is 17.4 Å². The van der Waals surface area contributed by atoms with E-state index in [9.17, 15) is 4.79 Å². The highest BCUT2D eigenvalue weighted by Crippen LogP contribution is 2.38. The van der Waals surface area contributed by atoms with Crippen LogP contribution in [0.25, 0.3) is 11.1 Å². The molecule has 3 aromatic rings. The molecule has 2 saturated heterocycles. The number of ether oxygens (including phenoxy) is 1. The van der Waals surface area contributed by atoms with Crippen molar-refractivity contribution in [3.63, 3.8) is 0 Å². The fourth-order valence-corrected chi connectivity index (χ4v) is 7.78. The molecule has 4 heterocycles. The summed E-state index contributed by atoms with van der Waals surface area (Å²) in [6.07, 6.45) is 9.88. The number of nitrogens with one attached hydrogen (secondary N) is 1. The molecule has 2 aliphatic heterocycles. The van der Waals surface area contributed by atoms with Crippen LogP contribution in [0, 0.1) is 20.8 Å². The molecule has 1 N–H and O–H groups in total. The standard InChI is InChI=1S/C39H54N6O2/c1-7-45(33-15-19-47-20-16-33)36-23-31(30-11-12-37(40-24-30)44-17-13-32(14-18-44)43(5)6)22-34(28(36)4)39(46)41-25-35-26(2)21-27(3)42-38(35)29-9-8-10-29/h11-12,21-24,29,32-33H,7-10,13-20,25H2,1-6H3,(H,41,46). The third kappa shape index (κ3) is 7.34. The fraction of sp³-hybridized carbons (Fsp3) is 0.564. The number of benzene rings is 1. The Balaban J connectivity index is 1.30. The van der Waals surface area contributed by atoms with Gasteiger partial charge in [-0.3, -0.25) is 9.78 Å². The minimum atomic E-state index is -0.0403. The second-order valence-corrected chi connectivity index (χ2v) is 14.1. The summed E-state index contributed by atoms with van der Waals surface area (Å²) >= 11 is 0. The normalized spacial score (nSPS) is 18.0. The van der Waals surface area contributed by atoms with Crippen LogP contribution in [-0.4, -0.2) is 79.8 Å². The molecule has 1 amide bonds. The number of amides is 1. The minimum absolute atomic E-state index is 0.0403. The van der Waals surface area contributed by atoms with Crippen molar-refractivity contribution in [2.24, 2.45) is 0 Å². The van der Waals surface area contributed by atoms with E-state index in [-0.39, 0.29) is 5.91 Å². The zero-order chi connectivity index (χ0) is 33.1. The molecule has 2 aromatic heterocycles. The Morgan fingerprint density at radius 2 is 1.70 bits per heavy atom. The van der Waals surface area contributed by atoms with E-state index in [1.165, 1.54) is 36.1 Å². The number of hydrogen-bond acceptors (Lipinski definition) is 7. The van der Waals surface area contributed by atoms with E-state index in [1.807, 2.05) is 6.20 Å². The van der Waals surface area contributed by atoms with Crippen LogP contribution in [0.15, 0.2) is 36.5 Å². The Morgan fingerprint density at radius 3 is 2.32 bits per heavy atom. The van der Waals surface area contributed by atoms with Crippen molar-refractivity contribution in [3.05, 3.63) is 70.2 Å². The maximum Gasteiger partial charge on any atom is 0.251 e. The summed E-state index contributed by atoms with van der Waals surface area (Å²) < 4.78 is 5.71. The van der Waals surface area contributed by atoms with Gasteiger partial charge >= 0.3 is 0 Å². The van der Waals surface area contributed by atoms with E-state index < -0.39 is 0 Å². The van der Waals surface area contributed by atoms with Crippen molar-refractivity contribution in [1.29, 1.82) is 0 Å². The Labute approximate surface area is 281 Å². The van der Waals surface area contributed by atoms with Gasteiger partial charge in [0.15, 0.2) is 0 Å². The molecule has 1 aliphatic carbocycles. The Bertz CT molecular complexity index is 1540. The van der Waals surface area contributed by atoms with Crippen LogP contribution in [0.3, 0.4) is 0 Å². The topological polar surface area (TPSA) is 73.8 Å². The van der Waals surface area contributed by atoms with Crippen LogP contribution in [0.4, 0.5) is 11.5 Å². The minimum Gasteiger partial charge on any atom is -0.381 e. The van der Waals surface area contributed by atoms with Crippen molar-refractivity contribution in [3.8, 4) is 11.1 Å². The second-order valence-electron chi connectivity index (χ2n) is 14.1. The number of piperidine rings is 1. The van der Waals surface area contributed by atoms with Gasteiger partial charge in [0, 0.05) is 91.8 Å². The number of aromatic nitrogens is 2. The van der Waals surface area contributed by atoms with Gasteiger partial charge in [0.1, 0.15) is 5.82 Å². The van der Waals surface area contributed by atoms with Crippen molar-refractivity contribution < 1.29 is 9.53 Å². The van der Waals surface area contributed by atoms with E-state index in [0.717, 1.165) is 98.0 Å². The third-order valence-electron chi connectivity index (χ3n) is 10.9. The van der Waals surface area contributed by atoms with E-state index in [1.54, 1.807) is 0 Å². The third-order valence-corrected chi connectivity index (χ3v) is 10.9. The molecular weight excluding hydrogens is 584 g/mol. The van der Waals surface area contributed by atoms with E-state index in [0.29, 0.717) is 24.5 Å².